The Labute approximate surface area is 271 Å². The summed E-state index contributed by atoms with van der Waals surface area (Å²) in [6.45, 7) is 3.73. The monoisotopic (exact) mass is 632 g/mol. The molecule has 0 unspecified atom stereocenters. The van der Waals surface area contributed by atoms with Crippen LogP contribution in [0.4, 0.5) is 10.2 Å². The number of carbonyl (C=O) groups is 1. The Bertz CT molecular complexity index is 1900. The maximum atomic E-state index is 14.9. The molecule has 47 heavy (non-hydrogen) atoms. The van der Waals surface area contributed by atoms with Crippen LogP contribution in [0, 0.1) is 28.5 Å². The van der Waals surface area contributed by atoms with Gasteiger partial charge in [-0.05, 0) is 71.9 Å². The lowest BCUT2D eigenvalue weighted by Gasteiger charge is -2.34. The number of hydrogen-bond donors (Lipinski definition) is 4. The number of phenols is 1. The second-order valence-electron chi connectivity index (χ2n) is 11.2. The topological polar surface area (TPSA) is 155 Å². The fraction of sp³-hybridized carbons (Fsp3) is 0.222. The first-order valence-corrected chi connectivity index (χ1v) is 15.0. The number of phenolic OH excluding ortho intramolecular Hbond substituents is 1. The summed E-state index contributed by atoms with van der Waals surface area (Å²) in [6, 6.07) is 21.3. The number of nitrogens with zero attached hydrogens (tertiary/aromatic N) is 4. The number of allylic oxidation sites excluding steroid dienone is 1. The molecule has 0 saturated carbocycles. The van der Waals surface area contributed by atoms with Gasteiger partial charge in [-0.1, -0.05) is 36.4 Å². The predicted octanol–water partition coefficient (Wildman–Crippen LogP) is 5.68. The third-order valence-corrected chi connectivity index (χ3v) is 8.30. The van der Waals surface area contributed by atoms with Gasteiger partial charge in [0.2, 0.25) is 0 Å². The Balaban J connectivity index is 1.36. The van der Waals surface area contributed by atoms with Crippen LogP contribution in [0.25, 0.3) is 27.8 Å². The molecule has 2 heterocycles. The number of hydroxylamine groups is 1. The largest absolute Gasteiger partial charge is 0.504 e. The maximum Gasteiger partial charge on any atom is 0.267 e. The zero-order valence-electron chi connectivity index (χ0n) is 25.9. The minimum atomic E-state index is -0.696. The van der Waals surface area contributed by atoms with E-state index in [1.54, 1.807) is 36.8 Å². The molecule has 4 N–H and O–H groups in total. The van der Waals surface area contributed by atoms with Crippen molar-refractivity contribution in [1.82, 2.24) is 15.8 Å². The van der Waals surface area contributed by atoms with E-state index in [1.165, 1.54) is 31.4 Å². The zero-order valence-corrected chi connectivity index (χ0v) is 25.9. The van der Waals surface area contributed by atoms with Crippen molar-refractivity contribution in [3.63, 3.8) is 0 Å². The normalized spacial score (nSPS) is 13.5. The summed E-state index contributed by atoms with van der Waals surface area (Å²) in [5, 5.41) is 42.5. The van der Waals surface area contributed by atoms with Gasteiger partial charge in [0.15, 0.2) is 11.5 Å². The molecule has 3 aromatic carbocycles. The number of hydrogen-bond acceptors (Lipinski definition) is 9. The molecular weight excluding hydrogens is 599 g/mol. The Morgan fingerprint density at radius 1 is 1.09 bits per heavy atom. The van der Waals surface area contributed by atoms with E-state index in [2.05, 4.69) is 16.3 Å². The van der Waals surface area contributed by atoms with Gasteiger partial charge in [0.1, 0.15) is 29.3 Å². The van der Waals surface area contributed by atoms with E-state index in [0.717, 1.165) is 29.5 Å². The van der Waals surface area contributed by atoms with E-state index >= 15 is 0 Å². The van der Waals surface area contributed by atoms with Gasteiger partial charge in [-0.15, -0.1) is 0 Å². The van der Waals surface area contributed by atoms with Gasteiger partial charge in [-0.3, -0.25) is 10.0 Å². The summed E-state index contributed by atoms with van der Waals surface area (Å²) < 4.78 is 20.0. The molecule has 0 bridgehead atoms. The molecule has 10 nitrogen and oxygen atoms in total. The summed E-state index contributed by atoms with van der Waals surface area (Å²) in [4.78, 5) is 18.2. The van der Waals surface area contributed by atoms with Gasteiger partial charge in [-0.2, -0.15) is 10.5 Å². The summed E-state index contributed by atoms with van der Waals surface area (Å²) in [7, 11) is 1.45. The lowest BCUT2D eigenvalue weighted by Crippen LogP contribution is -2.42. The number of methoxy groups -OCH3 is 1. The van der Waals surface area contributed by atoms with Crippen LogP contribution in [0.2, 0.25) is 0 Å². The second-order valence-corrected chi connectivity index (χ2v) is 11.2. The summed E-state index contributed by atoms with van der Waals surface area (Å²) in [5.74, 6) is -0.590. The first kappa shape index (κ1) is 32.6. The van der Waals surface area contributed by atoms with Crippen molar-refractivity contribution in [1.29, 1.82) is 10.5 Å². The number of rotatable bonds is 9. The standard InChI is InChI=1S/C36H33FN6O4/c1-22(15-34(45)42-46)24-5-3-23(4-6-24)20-40-28-11-13-43(14-12-28)36-29(19-39)35(26-7-8-27(18-38)31(37)16-26)30(21-41-36)25-9-10-33(47-2)32(44)17-25/h3-10,15-17,21,28,40,44,46H,11-14,20H2,1-2H3,(H,42,45)/b22-15+. The molecule has 1 fully saturated rings. The minimum absolute atomic E-state index is 0.0888. The molecule has 1 aliphatic heterocycles. The number of aromatic hydroxyl groups is 1. The first-order valence-electron chi connectivity index (χ1n) is 15.0. The highest BCUT2D eigenvalue weighted by molar-refractivity contribution is 5.94. The molecule has 1 aliphatic rings. The number of nitrogens with one attached hydrogen (secondary N) is 2. The smallest absolute Gasteiger partial charge is 0.267 e. The fourth-order valence-corrected chi connectivity index (χ4v) is 5.74. The molecule has 0 atom stereocenters. The van der Waals surface area contributed by atoms with E-state index in [4.69, 9.17) is 14.9 Å². The quantitative estimate of drug-likeness (QED) is 0.104. The number of nitriles is 2. The van der Waals surface area contributed by atoms with Crippen molar-refractivity contribution in [3.8, 4) is 45.9 Å². The van der Waals surface area contributed by atoms with Gasteiger partial charge in [0.05, 0.1) is 12.7 Å². The molecule has 1 amide bonds. The Kier molecular flexibility index (Phi) is 10.1. The van der Waals surface area contributed by atoms with Crippen molar-refractivity contribution in [2.75, 3.05) is 25.1 Å². The van der Waals surface area contributed by atoms with Crippen molar-refractivity contribution in [3.05, 3.63) is 101 Å². The van der Waals surface area contributed by atoms with Gasteiger partial charge >= 0.3 is 0 Å². The lowest BCUT2D eigenvalue weighted by molar-refractivity contribution is -0.124. The van der Waals surface area contributed by atoms with Gasteiger partial charge in [0.25, 0.3) is 5.91 Å². The summed E-state index contributed by atoms with van der Waals surface area (Å²) in [5.41, 5.74) is 6.43. The zero-order chi connectivity index (χ0) is 33.5. The fourth-order valence-electron chi connectivity index (χ4n) is 5.74. The number of carbonyl (C=O) groups excluding carboxylic acids is 1. The van der Waals surface area contributed by atoms with Crippen LogP contribution >= 0.6 is 0 Å². The van der Waals surface area contributed by atoms with Gasteiger partial charge in [0, 0.05) is 49.1 Å². The highest BCUT2D eigenvalue weighted by atomic mass is 19.1. The molecule has 238 valence electrons. The number of pyridine rings is 1. The van der Waals surface area contributed by atoms with E-state index in [9.17, 15) is 24.8 Å². The molecule has 0 spiro atoms. The molecule has 0 aliphatic carbocycles. The van der Waals surface area contributed by atoms with Crippen LogP contribution in [0.1, 0.15) is 42.0 Å². The van der Waals surface area contributed by atoms with E-state index in [0.29, 0.717) is 47.7 Å². The lowest BCUT2D eigenvalue weighted by atomic mass is 9.91. The van der Waals surface area contributed by atoms with Crippen LogP contribution in [0.15, 0.2) is 72.9 Å². The molecular formula is C36H33FN6O4. The van der Waals surface area contributed by atoms with Gasteiger partial charge in [-0.25, -0.2) is 14.9 Å². The Morgan fingerprint density at radius 3 is 2.43 bits per heavy atom. The van der Waals surface area contributed by atoms with Crippen LogP contribution in [0.5, 0.6) is 11.5 Å². The number of halogens is 1. The number of amides is 1. The number of anilines is 1. The third-order valence-electron chi connectivity index (χ3n) is 8.30. The number of aromatic nitrogens is 1. The summed E-state index contributed by atoms with van der Waals surface area (Å²) in [6.07, 6.45) is 4.57. The van der Waals surface area contributed by atoms with E-state index in [1.807, 2.05) is 30.3 Å². The second kappa shape index (κ2) is 14.6. The highest BCUT2D eigenvalue weighted by Crippen LogP contribution is 2.41. The molecule has 1 saturated heterocycles. The van der Waals surface area contributed by atoms with E-state index < -0.39 is 11.7 Å². The molecule has 4 aromatic rings. The van der Waals surface area contributed by atoms with Crippen LogP contribution < -0.4 is 20.4 Å². The van der Waals surface area contributed by atoms with Crippen LogP contribution in [-0.4, -0.2) is 47.4 Å². The molecule has 11 heteroatoms. The Hall–Kier alpha value is -5.75. The third kappa shape index (κ3) is 7.23. The van der Waals surface area contributed by atoms with Crippen molar-refractivity contribution in [2.45, 2.75) is 32.4 Å². The number of ether oxygens (including phenoxy) is 1. The first-order chi connectivity index (χ1) is 22.8. The van der Waals surface area contributed by atoms with E-state index in [-0.39, 0.29) is 28.7 Å². The van der Waals surface area contributed by atoms with Crippen LogP contribution in [0.3, 0.4) is 0 Å². The van der Waals surface area contributed by atoms with Crippen molar-refractivity contribution < 1.29 is 24.2 Å². The molecule has 0 radical (unpaired) electrons. The molecule has 1 aromatic heterocycles. The number of benzene rings is 3. The average molecular weight is 633 g/mol. The Morgan fingerprint density at radius 2 is 1.81 bits per heavy atom. The van der Waals surface area contributed by atoms with Gasteiger partial charge < -0.3 is 20.1 Å². The summed E-state index contributed by atoms with van der Waals surface area (Å²) >= 11 is 0. The SMILES string of the molecule is COc1ccc(-c2cnc(N3CCC(NCc4ccc(/C(C)=C/C(=O)NO)cc4)CC3)c(C#N)c2-c2ccc(C#N)c(F)c2)cc1O. The minimum Gasteiger partial charge on any atom is -0.504 e. The maximum absolute atomic E-state index is 14.9. The van der Waals surface area contributed by atoms with Crippen molar-refractivity contribution in [2.24, 2.45) is 0 Å². The predicted molar refractivity (Wildman–Crippen MR) is 175 cm³/mol. The van der Waals surface area contributed by atoms with Crippen molar-refractivity contribution >= 4 is 17.3 Å². The average Bonchev–Trinajstić information content (AvgIpc) is 3.10. The number of piperidine rings is 1. The van der Waals surface area contributed by atoms with Crippen LogP contribution in [-0.2, 0) is 11.3 Å². The molecule has 5 rings (SSSR count). The highest BCUT2D eigenvalue weighted by Gasteiger charge is 2.26.